The topological polar surface area (TPSA) is 38.3 Å². The normalized spacial score (nSPS) is 10.4. The van der Waals surface area contributed by atoms with Crippen molar-refractivity contribution in [3.8, 4) is 17.6 Å². The lowest BCUT2D eigenvalue weighted by atomic mass is 10.2. The van der Waals surface area contributed by atoms with Crippen molar-refractivity contribution in [3.63, 3.8) is 0 Å². The molecule has 1 amide bonds. The van der Waals surface area contributed by atoms with Crippen LogP contribution in [0, 0.1) is 11.8 Å². The maximum absolute atomic E-state index is 12.0. The molecule has 1 N–H and O–H groups in total. The Morgan fingerprint density at radius 2 is 2.16 bits per heavy atom. The molecular formula is C12H9ClF3NO2. The number of halogens is 4. The lowest BCUT2D eigenvalue weighted by Crippen LogP contribution is -2.19. The van der Waals surface area contributed by atoms with Crippen molar-refractivity contribution in [1.82, 2.24) is 5.32 Å². The second kappa shape index (κ2) is 6.34. The van der Waals surface area contributed by atoms with E-state index in [1.165, 1.54) is 13.0 Å². The minimum absolute atomic E-state index is 0.0390. The lowest BCUT2D eigenvalue weighted by Gasteiger charge is -2.09. The molecule has 0 aliphatic heterocycles. The lowest BCUT2D eigenvalue weighted by molar-refractivity contribution is -0.274. The van der Waals surface area contributed by atoms with Crippen LogP contribution >= 0.6 is 11.6 Å². The molecule has 0 saturated heterocycles. The second-order valence-electron chi connectivity index (χ2n) is 3.40. The predicted octanol–water partition coefficient (Wildman–Crippen LogP) is 2.73. The van der Waals surface area contributed by atoms with E-state index in [4.69, 9.17) is 11.6 Å². The van der Waals surface area contributed by atoms with Gasteiger partial charge in [0.15, 0.2) is 0 Å². The summed E-state index contributed by atoms with van der Waals surface area (Å²) in [5.41, 5.74) is 0.349. The largest absolute Gasteiger partial charge is 0.573 e. The van der Waals surface area contributed by atoms with Gasteiger partial charge in [0.05, 0.1) is 11.6 Å². The summed E-state index contributed by atoms with van der Waals surface area (Å²) in [6.45, 7) is 1.48. The molecule has 1 aromatic carbocycles. The highest BCUT2D eigenvalue weighted by molar-refractivity contribution is 6.31. The molecule has 1 rings (SSSR count). The molecule has 0 atom stereocenters. The molecule has 0 heterocycles. The Morgan fingerprint density at radius 3 is 2.68 bits per heavy atom. The first kappa shape index (κ1) is 15.2. The van der Waals surface area contributed by atoms with Crippen LogP contribution in [0.2, 0.25) is 5.02 Å². The zero-order valence-electron chi connectivity index (χ0n) is 9.77. The van der Waals surface area contributed by atoms with Crippen molar-refractivity contribution >= 4 is 17.5 Å². The van der Waals surface area contributed by atoms with Gasteiger partial charge in [0, 0.05) is 18.6 Å². The summed E-state index contributed by atoms with van der Waals surface area (Å²) < 4.78 is 39.6. The van der Waals surface area contributed by atoms with Gasteiger partial charge in [-0.3, -0.25) is 4.79 Å². The molecule has 0 unspecified atom stereocenters. The monoisotopic (exact) mass is 291 g/mol. The molecule has 19 heavy (non-hydrogen) atoms. The smallest absolute Gasteiger partial charge is 0.406 e. The first-order valence-corrected chi connectivity index (χ1v) is 5.44. The van der Waals surface area contributed by atoms with Crippen LogP contribution in [0.1, 0.15) is 12.5 Å². The van der Waals surface area contributed by atoms with Crippen LogP contribution in [-0.2, 0) is 4.79 Å². The molecule has 102 valence electrons. The summed E-state index contributed by atoms with van der Waals surface area (Å²) in [6, 6.07) is 3.45. The fraction of sp³-hybridized carbons (Fsp3) is 0.250. The van der Waals surface area contributed by atoms with Crippen molar-refractivity contribution in [1.29, 1.82) is 0 Å². The van der Waals surface area contributed by atoms with Gasteiger partial charge in [-0.25, -0.2) is 0 Å². The zero-order valence-corrected chi connectivity index (χ0v) is 10.5. The summed E-state index contributed by atoms with van der Waals surface area (Å²) >= 11 is 5.76. The van der Waals surface area contributed by atoms with Gasteiger partial charge in [0.25, 0.3) is 0 Å². The van der Waals surface area contributed by atoms with E-state index in [-0.39, 0.29) is 17.5 Å². The van der Waals surface area contributed by atoms with Crippen molar-refractivity contribution in [3.05, 3.63) is 28.8 Å². The van der Waals surface area contributed by atoms with E-state index in [0.717, 1.165) is 12.1 Å². The Bertz CT molecular complexity index is 532. The Hall–Kier alpha value is -1.87. The van der Waals surface area contributed by atoms with E-state index in [2.05, 4.69) is 21.9 Å². The van der Waals surface area contributed by atoms with Gasteiger partial charge in [0.1, 0.15) is 5.75 Å². The molecule has 0 radical (unpaired) electrons. The van der Waals surface area contributed by atoms with Gasteiger partial charge in [-0.15, -0.1) is 13.2 Å². The Morgan fingerprint density at radius 1 is 1.47 bits per heavy atom. The van der Waals surface area contributed by atoms with Gasteiger partial charge < -0.3 is 10.1 Å². The molecule has 0 saturated carbocycles. The quantitative estimate of drug-likeness (QED) is 0.851. The standard InChI is InChI=1S/C12H9ClF3NO2/c1-8(18)17-6-2-3-9-4-5-10(7-11(9)13)19-12(14,15)16/h4-5,7H,6H2,1H3,(H,17,18). The van der Waals surface area contributed by atoms with Crippen LogP contribution in [0.5, 0.6) is 5.75 Å². The first-order chi connectivity index (χ1) is 8.78. The number of alkyl halides is 3. The van der Waals surface area contributed by atoms with Crippen LogP contribution < -0.4 is 10.1 Å². The molecule has 0 aliphatic rings. The van der Waals surface area contributed by atoms with E-state index in [1.54, 1.807) is 0 Å². The highest BCUT2D eigenvalue weighted by Gasteiger charge is 2.31. The van der Waals surface area contributed by atoms with Gasteiger partial charge in [0.2, 0.25) is 5.91 Å². The van der Waals surface area contributed by atoms with Crippen LogP contribution in [0.25, 0.3) is 0 Å². The molecule has 0 bridgehead atoms. The van der Waals surface area contributed by atoms with Crippen molar-refractivity contribution in [2.75, 3.05) is 6.54 Å². The van der Waals surface area contributed by atoms with Crippen LogP contribution in [0.4, 0.5) is 13.2 Å². The average Bonchev–Trinajstić information content (AvgIpc) is 2.24. The number of carbonyl (C=O) groups excluding carboxylic acids is 1. The van der Waals surface area contributed by atoms with Gasteiger partial charge in [-0.05, 0) is 12.1 Å². The van der Waals surface area contributed by atoms with Crippen molar-refractivity contribution < 1.29 is 22.7 Å². The summed E-state index contributed by atoms with van der Waals surface area (Å²) in [7, 11) is 0. The molecule has 7 heteroatoms. The molecule has 0 spiro atoms. The van der Waals surface area contributed by atoms with Crippen molar-refractivity contribution in [2.24, 2.45) is 0 Å². The Kier molecular flexibility index (Phi) is 5.07. The van der Waals surface area contributed by atoms with Gasteiger partial charge in [-0.2, -0.15) is 0 Å². The molecule has 3 nitrogen and oxygen atoms in total. The second-order valence-corrected chi connectivity index (χ2v) is 3.81. The summed E-state index contributed by atoms with van der Waals surface area (Å²) in [5.74, 6) is 4.60. The van der Waals surface area contributed by atoms with E-state index < -0.39 is 12.1 Å². The number of hydrogen-bond donors (Lipinski definition) is 1. The number of carbonyl (C=O) groups is 1. The van der Waals surface area contributed by atoms with E-state index in [1.807, 2.05) is 0 Å². The third-order valence-electron chi connectivity index (χ3n) is 1.82. The predicted molar refractivity (Wildman–Crippen MR) is 63.7 cm³/mol. The van der Waals surface area contributed by atoms with E-state index in [9.17, 15) is 18.0 Å². The Balaban J connectivity index is 2.75. The average molecular weight is 292 g/mol. The number of amides is 1. The van der Waals surface area contributed by atoms with Crippen molar-refractivity contribution in [2.45, 2.75) is 13.3 Å². The van der Waals surface area contributed by atoms with E-state index >= 15 is 0 Å². The zero-order chi connectivity index (χ0) is 14.5. The summed E-state index contributed by atoms with van der Waals surface area (Å²) in [6.07, 6.45) is -4.76. The van der Waals surface area contributed by atoms with Crippen LogP contribution in [0.3, 0.4) is 0 Å². The number of ether oxygens (including phenoxy) is 1. The number of hydrogen-bond acceptors (Lipinski definition) is 2. The third kappa shape index (κ3) is 6.02. The summed E-state index contributed by atoms with van der Waals surface area (Å²) in [5, 5.41) is 2.49. The SMILES string of the molecule is CC(=O)NCC#Cc1ccc(OC(F)(F)F)cc1Cl. The van der Waals surface area contributed by atoms with Gasteiger partial charge >= 0.3 is 6.36 Å². The molecular weight excluding hydrogens is 283 g/mol. The molecule has 0 aliphatic carbocycles. The van der Waals surface area contributed by atoms with Crippen LogP contribution in [-0.4, -0.2) is 18.8 Å². The highest BCUT2D eigenvalue weighted by Crippen LogP contribution is 2.27. The minimum Gasteiger partial charge on any atom is -0.406 e. The third-order valence-corrected chi connectivity index (χ3v) is 2.14. The molecule has 1 aromatic rings. The van der Waals surface area contributed by atoms with Gasteiger partial charge in [-0.1, -0.05) is 23.4 Å². The minimum atomic E-state index is -4.76. The van der Waals surface area contributed by atoms with E-state index in [0.29, 0.717) is 5.56 Å². The Labute approximate surface area is 112 Å². The molecule has 0 fully saturated rings. The fourth-order valence-corrected chi connectivity index (χ4v) is 1.32. The van der Waals surface area contributed by atoms with Crippen LogP contribution in [0.15, 0.2) is 18.2 Å². The first-order valence-electron chi connectivity index (χ1n) is 5.06. The molecule has 0 aromatic heterocycles. The number of benzene rings is 1. The fourth-order valence-electron chi connectivity index (χ4n) is 1.10. The highest BCUT2D eigenvalue weighted by atomic mass is 35.5. The number of rotatable bonds is 2. The maximum Gasteiger partial charge on any atom is 0.573 e. The maximum atomic E-state index is 12.0. The summed E-state index contributed by atoms with van der Waals surface area (Å²) in [4.78, 5) is 10.6. The number of nitrogens with one attached hydrogen (secondary N) is 1.